The second-order valence-corrected chi connectivity index (χ2v) is 6.88. The van der Waals surface area contributed by atoms with Gasteiger partial charge in [0.25, 0.3) is 0 Å². The molecule has 4 heteroatoms. The van der Waals surface area contributed by atoms with Crippen LogP contribution in [0.1, 0.15) is 49.9 Å². The maximum atomic E-state index is 6.39. The number of rotatable bonds is 8. The Morgan fingerprint density at radius 1 is 0.640 bits per heavy atom. The molecule has 0 saturated carbocycles. The first kappa shape index (κ1) is 19.9. The highest BCUT2D eigenvalue weighted by Crippen LogP contribution is 2.31. The van der Waals surface area contributed by atoms with Crippen LogP contribution >= 0.6 is 23.2 Å². The minimum Gasteiger partial charge on any atom is -0.367 e. The van der Waals surface area contributed by atoms with E-state index in [0.717, 1.165) is 47.1 Å². The van der Waals surface area contributed by atoms with Crippen LogP contribution in [0.25, 0.3) is 0 Å². The molecule has 0 unspecified atom stereocenters. The van der Waals surface area contributed by atoms with Gasteiger partial charge < -0.3 is 10.6 Å². The van der Waals surface area contributed by atoms with Crippen molar-refractivity contribution >= 4 is 34.6 Å². The number of halogens is 2. The largest absolute Gasteiger partial charge is 0.367 e. The van der Waals surface area contributed by atoms with Gasteiger partial charge in [-0.2, -0.15) is 0 Å². The molecule has 0 fully saturated rings. The van der Waals surface area contributed by atoms with E-state index < -0.39 is 0 Å². The Morgan fingerprint density at radius 2 is 1.04 bits per heavy atom. The molecule has 0 bridgehead atoms. The van der Waals surface area contributed by atoms with Crippen LogP contribution in [0.3, 0.4) is 0 Å². The van der Waals surface area contributed by atoms with Crippen LogP contribution in [-0.4, -0.2) is 6.67 Å². The molecule has 0 atom stereocenters. The average Bonchev–Trinajstić information content (AvgIpc) is 2.62. The highest BCUT2D eigenvalue weighted by Gasteiger charge is 2.12. The molecular weight excluding hydrogens is 351 g/mol. The van der Waals surface area contributed by atoms with Crippen molar-refractivity contribution in [2.75, 3.05) is 17.3 Å². The molecule has 25 heavy (non-hydrogen) atoms. The quantitative estimate of drug-likeness (QED) is 0.497. The first-order valence-corrected chi connectivity index (χ1v) is 9.91. The molecule has 0 saturated heterocycles. The van der Waals surface area contributed by atoms with E-state index in [1.54, 1.807) is 0 Å². The van der Waals surface area contributed by atoms with Crippen LogP contribution in [0.2, 0.25) is 10.0 Å². The van der Waals surface area contributed by atoms with Crippen LogP contribution < -0.4 is 10.6 Å². The zero-order chi connectivity index (χ0) is 18.4. The normalized spacial score (nSPS) is 10.8. The summed E-state index contributed by atoms with van der Waals surface area (Å²) in [7, 11) is 0. The lowest BCUT2D eigenvalue weighted by atomic mass is 10.0. The van der Waals surface area contributed by atoms with Gasteiger partial charge in [0.15, 0.2) is 0 Å². The monoisotopic (exact) mass is 378 g/mol. The summed E-state index contributed by atoms with van der Waals surface area (Å²) in [6.07, 6.45) is 3.77. The SMILES string of the molecule is CCc1ccc(Cl)c(CC)c1NCNc1c(CC)ccc(Cl)c1CC. The van der Waals surface area contributed by atoms with E-state index in [1.165, 1.54) is 22.3 Å². The van der Waals surface area contributed by atoms with E-state index in [2.05, 4.69) is 50.5 Å². The molecule has 0 radical (unpaired) electrons. The minimum absolute atomic E-state index is 0.640. The van der Waals surface area contributed by atoms with E-state index >= 15 is 0 Å². The molecule has 0 aliphatic rings. The van der Waals surface area contributed by atoms with Crippen LogP contribution in [0, 0.1) is 0 Å². The second-order valence-electron chi connectivity index (χ2n) is 6.06. The highest BCUT2D eigenvalue weighted by atomic mass is 35.5. The smallest absolute Gasteiger partial charge is 0.0849 e. The van der Waals surface area contributed by atoms with Gasteiger partial charge in [0.05, 0.1) is 6.67 Å². The Hall–Kier alpha value is -1.38. The van der Waals surface area contributed by atoms with Crippen molar-refractivity contribution in [2.45, 2.75) is 53.4 Å². The zero-order valence-electron chi connectivity index (χ0n) is 15.6. The summed E-state index contributed by atoms with van der Waals surface area (Å²) in [4.78, 5) is 0. The summed E-state index contributed by atoms with van der Waals surface area (Å²) >= 11 is 12.8. The third-order valence-electron chi connectivity index (χ3n) is 4.68. The number of hydrogen-bond donors (Lipinski definition) is 2. The van der Waals surface area contributed by atoms with Gasteiger partial charge in [0.2, 0.25) is 0 Å². The fourth-order valence-electron chi connectivity index (χ4n) is 3.28. The van der Waals surface area contributed by atoms with Crippen molar-refractivity contribution in [1.82, 2.24) is 0 Å². The highest BCUT2D eigenvalue weighted by molar-refractivity contribution is 6.32. The van der Waals surface area contributed by atoms with Crippen LogP contribution in [0.4, 0.5) is 11.4 Å². The standard InChI is InChI=1S/C21H28Cl2N2/c1-5-14-9-11-18(22)16(7-3)20(14)24-13-25-21-15(6-2)10-12-19(23)17(21)8-4/h9-12,24-25H,5-8,13H2,1-4H3. The van der Waals surface area contributed by atoms with Gasteiger partial charge in [-0.05, 0) is 60.1 Å². The van der Waals surface area contributed by atoms with Crippen LogP contribution in [-0.2, 0) is 25.7 Å². The molecule has 2 aromatic carbocycles. The Balaban J connectivity index is 2.25. The molecule has 0 aromatic heterocycles. The lowest BCUT2D eigenvalue weighted by Gasteiger charge is -2.20. The van der Waals surface area contributed by atoms with Crippen molar-refractivity contribution in [3.63, 3.8) is 0 Å². The van der Waals surface area contributed by atoms with Gasteiger partial charge in [-0.1, -0.05) is 63.0 Å². The van der Waals surface area contributed by atoms with Gasteiger partial charge in [-0.25, -0.2) is 0 Å². The zero-order valence-corrected chi connectivity index (χ0v) is 17.1. The summed E-state index contributed by atoms with van der Waals surface area (Å²) in [5, 5.41) is 8.77. The lowest BCUT2D eigenvalue weighted by molar-refractivity contribution is 1.04. The Morgan fingerprint density at radius 3 is 1.36 bits per heavy atom. The summed E-state index contributed by atoms with van der Waals surface area (Å²) in [5.41, 5.74) is 7.26. The van der Waals surface area contributed by atoms with Crippen molar-refractivity contribution in [3.05, 3.63) is 56.6 Å². The second kappa shape index (κ2) is 9.35. The van der Waals surface area contributed by atoms with Gasteiger partial charge in [-0.15, -0.1) is 0 Å². The molecule has 0 spiro atoms. The molecule has 2 nitrogen and oxygen atoms in total. The van der Waals surface area contributed by atoms with E-state index in [9.17, 15) is 0 Å². The summed E-state index contributed by atoms with van der Waals surface area (Å²) < 4.78 is 0. The maximum absolute atomic E-state index is 6.39. The Bertz CT molecular complexity index is 665. The predicted molar refractivity (Wildman–Crippen MR) is 113 cm³/mol. The molecule has 0 aliphatic carbocycles. The molecule has 2 rings (SSSR count). The average molecular weight is 379 g/mol. The molecule has 2 aromatic rings. The summed E-state index contributed by atoms with van der Waals surface area (Å²) in [5.74, 6) is 0. The predicted octanol–water partition coefficient (Wildman–Crippen LogP) is 6.72. The van der Waals surface area contributed by atoms with E-state index in [0.29, 0.717) is 6.67 Å². The summed E-state index contributed by atoms with van der Waals surface area (Å²) in [6, 6.07) is 8.22. The first-order valence-electron chi connectivity index (χ1n) is 9.15. The van der Waals surface area contributed by atoms with Gasteiger partial charge in [0.1, 0.15) is 0 Å². The van der Waals surface area contributed by atoms with Crippen LogP contribution in [0.15, 0.2) is 24.3 Å². The van der Waals surface area contributed by atoms with E-state index in [1.807, 2.05) is 12.1 Å². The third kappa shape index (κ3) is 4.43. The minimum atomic E-state index is 0.640. The molecule has 136 valence electrons. The van der Waals surface area contributed by atoms with Crippen molar-refractivity contribution in [2.24, 2.45) is 0 Å². The van der Waals surface area contributed by atoms with Gasteiger partial charge in [0, 0.05) is 21.4 Å². The third-order valence-corrected chi connectivity index (χ3v) is 5.39. The molecule has 0 amide bonds. The number of nitrogens with one attached hydrogen (secondary N) is 2. The lowest BCUT2D eigenvalue weighted by Crippen LogP contribution is -2.16. The van der Waals surface area contributed by atoms with E-state index in [4.69, 9.17) is 23.2 Å². The molecule has 0 aliphatic heterocycles. The van der Waals surface area contributed by atoms with Crippen LogP contribution in [0.5, 0.6) is 0 Å². The topological polar surface area (TPSA) is 24.1 Å². The van der Waals surface area contributed by atoms with Crippen molar-refractivity contribution in [3.8, 4) is 0 Å². The molecular formula is C21H28Cl2N2. The number of hydrogen-bond acceptors (Lipinski definition) is 2. The Labute approximate surface area is 161 Å². The van der Waals surface area contributed by atoms with Crippen molar-refractivity contribution in [1.29, 1.82) is 0 Å². The summed E-state index contributed by atoms with van der Waals surface area (Å²) in [6.45, 7) is 9.26. The first-order chi connectivity index (χ1) is 12.1. The fourth-order valence-corrected chi connectivity index (χ4v) is 3.87. The maximum Gasteiger partial charge on any atom is 0.0849 e. The Kier molecular flexibility index (Phi) is 7.46. The van der Waals surface area contributed by atoms with Crippen molar-refractivity contribution < 1.29 is 0 Å². The number of aryl methyl sites for hydroxylation is 2. The molecule has 2 N–H and O–H groups in total. The number of anilines is 2. The molecule has 0 heterocycles. The fraction of sp³-hybridized carbons (Fsp3) is 0.429. The van der Waals surface area contributed by atoms with Gasteiger partial charge in [-0.3, -0.25) is 0 Å². The van der Waals surface area contributed by atoms with E-state index in [-0.39, 0.29) is 0 Å². The number of benzene rings is 2. The van der Waals surface area contributed by atoms with Gasteiger partial charge >= 0.3 is 0 Å².